The van der Waals surface area contributed by atoms with Crippen LogP contribution in [-0.2, 0) is 125 Å². The van der Waals surface area contributed by atoms with Gasteiger partial charge in [0.1, 0.15) is 84.8 Å². The summed E-state index contributed by atoms with van der Waals surface area (Å²) in [7, 11) is 2.63. The van der Waals surface area contributed by atoms with Crippen LogP contribution in [0, 0.1) is 6.92 Å². The fourth-order valence-electron chi connectivity index (χ4n) is 11.0. The van der Waals surface area contributed by atoms with Crippen molar-refractivity contribution in [1.82, 2.24) is 16.0 Å². The van der Waals surface area contributed by atoms with Crippen molar-refractivity contribution in [3.8, 4) is 28.7 Å². The minimum Gasteiger partial charge on any atom is -0.543 e. The third-order valence-corrected chi connectivity index (χ3v) is 28.7. The van der Waals surface area contributed by atoms with Crippen molar-refractivity contribution in [2.75, 3.05) is 35.5 Å². The molecule has 0 spiro atoms. The first-order valence-corrected chi connectivity index (χ1v) is 46.5. The van der Waals surface area contributed by atoms with Gasteiger partial charge in [0.15, 0.2) is 0 Å². The lowest BCUT2D eigenvalue weighted by molar-refractivity contribution is -0.143. The van der Waals surface area contributed by atoms with Crippen LogP contribution in [0.1, 0.15) is 97.2 Å². The molecule has 9 aromatic carbocycles. The molecule has 127 heavy (non-hydrogen) atoms. The molecular formula is C96H124N6O23Si2. The van der Waals surface area contributed by atoms with Crippen LogP contribution < -0.4 is 42.0 Å². The zero-order valence-electron chi connectivity index (χ0n) is 75.1. The first kappa shape index (κ1) is 106. The molecule has 31 heteroatoms. The Morgan fingerprint density at radius 1 is 0.323 bits per heavy atom. The molecule has 6 atom stereocenters. The van der Waals surface area contributed by atoms with Crippen LogP contribution in [0.2, 0.25) is 36.3 Å². The number of amides is 3. The molecule has 13 N–H and O–H groups in total. The number of carboxylic acids is 1. The second kappa shape index (κ2) is 54.0. The first-order valence-electron chi connectivity index (χ1n) is 40.7. The van der Waals surface area contributed by atoms with Gasteiger partial charge in [-0.05, 0) is 173 Å². The zero-order chi connectivity index (χ0) is 94.5. The lowest BCUT2D eigenvalue weighted by Gasteiger charge is -2.36. The Morgan fingerprint density at radius 3 is 0.835 bits per heavy atom. The van der Waals surface area contributed by atoms with E-state index in [9.17, 15) is 48.3 Å². The second-order valence-electron chi connectivity index (χ2n) is 32.3. The number of phenolic OH excluding ortho intramolecular Hbond substituents is 3. The van der Waals surface area contributed by atoms with E-state index in [0.29, 0.717) is 24.8 Å². The first-order chi connectivity index (χ1) is 60.0. The highest BCUT2D eigenvalue weighted by atomic mass is 28.4. The van der Waals surface area contributed by atoms with Crippen molar-refractivity contribution in [3.05, 3.63) is 292 Å². The minimum atomic E-state index is -1.99. The maximum Gasteiger partial charge on any atom is 0.408 e. The highest BCUT2D eigenvalue weighted by molar-refractivity contribution is 6.75. The van der Waals surface area contributed by atoms with Crippen LogP contribution in [0.15, 0.2) is 237 Å². The molecule has 0 saturated carbocycles. The predicted octanol–water partition coefficient (Wildman–Crippen LogP) is 14.4. The molecule has 29 nitrogen and oxygen atoms in total. The quantitative estimate of drug-likeness (QED) is 0.0110. The molecule has 9 rings (SSSR count). The summed E-state index contributed by atoms with van der Waals surface area (Å²) in [5, 5.41) is 44.1. The molecule has 6 unspecified atom stereocenters. The molecule has 0 radical (unpaired) electrons. The molecule has 3 amide bonds. The van der Waals surface area contributed by atoms with E-state index in [2.05, 4.69) is 93.2 Å². The van der Waals surface area contributed by atoms with Gasteiger partial charge in [-0.25, -0.2) is 28.8 Å². The number of nitrogens with one attached hydrogen (secondary N) is 3. The van der Waals surface area contributed by atoms with Gasteiger partial charge in [0.05, 0.1) is 35.5 Å². The third-order valence-electron chi connectivity index (χ3n) is 20.0. The number of hydrogen-bond donors (Lipinski definition) is 10. The van der Waals surface area contributed by atoms with Crippen LogP contribution in [0.4, 0.5) is 14.4 Å². The maximum absolute atomic E-state index is 12.3. The number of rotatable bonds is 31. The number of ether oxygens (including phenoxy) is 8. The number of carbonyl (C=O) groups excluding carboxylic acids is 8. The van der Waals surface area contributed by atoms with Crippen LogP contribution in [0.3, 0.4) is 0 Å². The summed E-state index contributed by atoms with van der Waals surface area (Å²) < 4.78 is 51.6. The largest absolute Gasteiger partial charge is 0.543 e. The molecule has 0 bridgehead atoms. The van der Waals surface area contributed by atoms with Crippen molar-refractivity contribution in [1.29, 1.82) is 0 Å². The number of benzene rings is 9. The van der Waals surface area contributed by atoms with Gasteiger partial charge in [0, 0.05) is 19.3 Å². The Hall–Kier alpha value is -13.1. The van der Waals surface area contributed by atoms with Crippen LogP contribution in [0.5, 0.6) is 28.7 Å². The lowest BCUT2D eigenvalue weighted by Crippen LogP contribution is -2.44. The highest BCUT2D eigenvalue weighted by Crippen LogP contribution is 2.39. The summed E-state index contributed by atoms with van der Waals surface area (Å²) in [4.78, 5) is 105. The summed E-state index contributed by atoms with van der Waals surface area (Å²) in [6.07, 6.45) is -0.214. The molecule has 0 saturated heterocycles. The van der Waals surface area contributed by atoms with E-state index in [-0.39, 0.29) is 66.4 Å². The van der Waals surface area contributed by atoms with E-state index < -0.39 is 107 Å². The molecule has 0 aliphatic carbocycles. The number of phenols is 3. The number of nitrogens with two attached hydrogens (primary N) is 3. The van der Waals surface area contributed by atoms with E-state index in [1.54, 1.807) is 48.5 Å². The van der Waals surface area contributed by atoms with Crippen LogP contribution in [0.25, 0.3) is 0 Å². The van der Waals surface area contributed by atoms with Gasteiger partial charge in [-0.1, -0.05) is 223 Å². The molecule has 0 heterocycles. The van der Waals surface area contributed by atoms with Gasteiger partial charge in [-0.15, -0.1) is 0 Å². The van der Waals surface area contributed by atoms with Gasteiger partial charge in [-0.2, -0.15) is 0 Å². The maximum atomic E-state index is 12.3. The molecule has 9 aromatic rings. The number of methoxy groups -OCH3 is 5. The van der Waals surface area contributed by atoms with Crippen LogP contribution >= 0.6 is 0 Å². The van der Waals surface area contributed by atoms with Crippen molar-refractivity contribution in [2.45, 2.75) is 179 Å². The predicted molar refractivity (Wildman–Crippen MR) is 489 cm³/mol. The Bertz CT molecular complexity index is 4800. The number of hydrogen-bond acceptors (Lipinski definition) is 25. The Morgan fingerprint density at radius 2 is 0.567 bits per heavy atom. The third kappa shape index (κ3) is 41.1. The molecule has 0 aromatic heterocycles. The van der Waals surface area contributed by atoms with Gasteiger partial charge in [-0.3, -0.25) is 14.4 Å². The van der Waals surface area contributed by atoms with Crippen LogP contribution in [-0.4, -0.2) is 163 Å². The number of alkyl carbamates (subject to hydrolysis) is 3. The number of aromatic hydroxyl groups is 3. The molecule has 0 aliphatic rings. The van der Waals surface area contributed by atoms with Crippen molar-refractivity contribution in [2.24, 2.45) is 17.2 Å². The smallest absolute Gasteiger partial charge is 0.408 e. The standard InChI is InChI=1S/C24H33NO5Si.C19H21NO4.C18H19NO5.C16H27NO3Si.C10H13NO3.C9H11NO3/c1-24(2,3)31(5,6)30-20-14-10-13-19(15-20)16-21(22(26)28-4)25-23(27)29-17-18-11-8-7-9-12-18;1-14-7-6-10-16(11-14)12-17(18(21)23-2)20-19(22)24-13-15-8-4-3-5-9-15;1-23-17(21)16(11-14-8-5-9-15(20)10-14)19-18(22)24-12-13-6-3-2-4-7-13;1-16(2,3)21(5,6)20-13-9-7-8-12(10-13)11-14(17)15(18)19-4;1-14-10(13)9(11)6-7-3-2-4-8(12)5-7;10-8(9(12)13)5-6-2-1-3-7(11)4-6/h7-15,21H,16-17H2,1-6H3,(H,25,27);3-11,17H,12-13H2,1-2H3,(H,20,22);2-10,16,20H,11-12H2,1H3,(H,19,22);7-10,14H,11,17H2,1-6H3;2-5,9,12H,6,11H2,1H3;1-4,8,11H,5,10H2,(H,12,13). The van der Waals surface area contributed by atoms with E-state index in [1.807, 2.05) is 171 Å². The second-order valence-corrected chi connectivity index (χ2v) is 41.7. The molecule has 684 valence electrons. The monoisotopic (exact) mass is 1780 g/mol. The summed E-state index contributed by atoms with van der Waals surface area (Å²) in [5.74, 6) is -1.54. The van der Waals surface area contributed by atoms with Gasteiger partial charge < -0.3 is 100 Å². The fourth-order valence-corrected chi connectivity index (χ4v) is 13.1. The SMILES string of the molecule is COC(=O)C(Cc1cccc(C)c1)NC(=O)OCc1ccccc1.COC(=O)C(Cc1cccc(O)c1)NC(=O)OCc1ccccc1.COC(=O)C(Cc1cccc(O[Si](C)(C)C(C)(C)C)c1)NC(=O)OCc1ccccc1.COC(=O)C(N)Cc1cccc(O)c1.COC(=O)C(N)Cc1cccc(O[Si](C)(C)C(C)(C)C)c1.NC(Cc1cccc(O)c1)C(=O)O. The van der Waals surface area contributed by atoms with Crippen molar-refractivity contribution >= 4 is 70.7 Å². The summed E-state index contributed by atoms with van der Waals surface area (Å²) in [6.45, 7) is 24.3. The Kier molecular flexibility index (Phi) is 45.1. The average molecular weight is 1790 g/mol. The van der Waals surface area contributed by atoms with E-state index in [0.717, 1.165) is 61.6 Å². The summed E-state index contributed by atoms with van der Waals surface area (Å²) in [5.41, 5.74) is 25.3. The number of aryl methyl sites for hydroxylation is 1. The van der Waals surface area contributed by atoms with Crippen molar-refractivity contribution < 1.29 is 110 Å². The fraction of sp³-hybridized carbons (Fsp3) is 0.344. The summed E-state index contributed by atoms with van der Waals surface area (Å²) >= 11 is 0. The zero-order valence-corrected chi connectivity index (χ0v) is 77.1. The van der Waals surface area contributed by atoms with Crippen molar-refractivity contribution in [3.63, 3.8) is 0 Å². The van der Waals surface area contributed by atoms with E-state index in [4.69, 9.17) is 69.8 Å². The Labute approximate surface area is 746 Å². The van der Waals surface area contributed by atoms with Gasteiger partial charge >= 0.3 is 54.1 Å². The van der Waals surface area contributed by atoms with E-state index >= 15 is 0 Å². The average Bonchev–Trinajstić information content (AvgIpc) is 0.822. The summed E-state index contributed by atoms with van der Waals surface area (Å²) in [6, 6.07) is 65.7. The lowest BCUT2D eigenvalue weighted by atomic mass is 10.0. The number of esters is 5. The van der Waals surface area contributed by atoms with Gasteiger partial charge in [0.25, 0.3) is 0 Å². The molecular weight excluding hydrogens is 1660 g/mol. The molecule has 0 aliphatic heterocycles. The minimum absolute atomic E-state index is 0.0711. The number of carboxylic acid groups (broad SMARTS) is 1. The highest BCUT2D eigenvalue weighted by Gasteiger charge is 2.40. The normalized spacial score (nSPS) is 12.2. The Balaban J connectivity index is 0.000000326. The number of carbonyl (C=O) groups is 9. The number of aliphatic carboxylic acids is 1. The van der Waals surface area contributed by atoms with E-state index in [1.165, 1.54) is 59.8 Å². The van der Waals surface area contributed by atoms with Gasteiger partial charge in [0.2, 0.25) is 16.6 Å². The topological polar surface area (TPSA) is 441 Å². The molecule has 0 fully saturated rings.